The first-order valence-electron chi connectivity index (χ1n) is 9.74. The summed E-state index contributed by atoms with van der Waals surface area (Å²) in [7, 11) is 0. The number of fused-ring (bicyclic) bond motifs is 1. The van der Waals surface area contributed by atoms with Crippen molar-refractivity contribution < 1.29 is 4.79 Å². The van der Waals surface area contributed by atoms with Gasteiger partial charge in [0.05, 0.1) is 0 Å². The van der Waals surface area contributed by atoms with Gasteiger partial charge < -0.3 is 5.32 Å². The Morgan fingerprint density at radius 2 is 1.86 bits per heavy atom. The van der Waals surface area contributed by atoms with Gasteiger partial charge in [-0.2, -0.15) is 4.98 Å². The molecular formula is C23H22N4O. The van der Waals surface area contributed by atoms with Crippen LogP contribution in [-0.2, 0) is 4.79 Å². The number of aryl methyl sites for hydroxylation is 2. The first-order chi connectivity index (χ1) is 13.6. The molecule has 2 aliphatic rings. The van der Waals surface area contributed by atoms with Gasteiger partial charge in [-0.05, 0) is 49.4 Å². The van der Waals surface area contributed by atoms with E-state index in [1.807, 2.05) is 22.9 Å². The van der Waals surface area contributed by atoms with E-state index in [0.717, 1.165) is 35.2 Å². The van der Waals surface area contributed by atoms with Crippen LogP contribution in [0.4, 0.5) is 5.95 Å². The van der Waals surface area contributed by atoms with E-state index in [-0.39, 0.29) is 11.8 Å². The monoisotopic (exact) mass is 370 g/mol. The van der Waals surface area contributed by atoms with Crippen LogP contribution in [0.5, 0.6) is 0 Å². The summed E-state index contributed by atoms with van der Waals surface area (Å²) < 4.78 is 1.88. The molecule has 28 heavy (non-hydrogen) atoms. The third kappa shape index (κ3) is 2.66. The highest BCUT2D eigenvalue weighted by molar-refractivity contribution is 5.99. The Hall–Kier alpha value is -3.21. The van der Waals surface area contributed by atoms with E-state index in [1.165, 1.54) is 11.1 Å². The SMILES string of the molecule is Cc1ccc(-c2nc3n(n2)C(c2ccccc2)C2=C(CCCC2=O)N3)cc1C. The number of hydrogen-bond acceptors (Lipinski definition) is 4. The number of allylic oxidation sites excluding steroid dienone is 2. The van der Waals surface area contributed by atoms with Crippen LogP contribution in [0, 0.1) is 13.8 Å². The molecule has 3 aromatic rings. The Bertz CT molecular complexity index is 1110. The minimum Gasteiger partial charge on any atom is -0.328 e. The number of rotatable bonds is 2. The molecule has 0 spiro atoms. The molecule has 0 saturated heterocycles. The van der Waals surface area contributed by atoms with Gasteiger partial charge in [0.15, 0.2) is 11.6 Å². The van der Waals surface area contributed by atoms with Gasteiger partial charge in [0.2, 0.25) is 5.95 Å². The van der Waals surface area contributed by atoms with Gasteiger partial charge in [-0.15, -0.1) is 5.10 Å². The number of nitrogens with zero attached hydrogens (tertiary/aromatic N) is 3. The van der Waals surface area contributed by atoms with Gasteiger partial charge >= 0.3 is 0 Å². The number of hydrogen-bond donors (Lipinski definition) is 1. The fraction of sp³-hybridized carbons (Fsp3) is 0.261. The maximum absolute atomic E-state index is 12.8. The van der Waals surface area contributed by atoms with E-state index >= 15 is 0 Å². The number of benzene rings is 2. The second kappa shape index (κ2) is 6.44. The van der Waals surface area contributed by atoms with Gasteiger partial charge in [0, 0.05) is 23.3 Å². The summed E-state index contributed by atoms with van der Waals surface area (Å²) in [6.45, 7) is 4.19. The third-order valence-corrected chi connectivity index (χ3v) is 5.75. The van der Waals surface area contributed by atoms with Crippen molar-refractivity contribution in [1.82, 2.24) is 14.8 Å². The number of carbonyl (C=O) groups is 1. The van der Waals surface area contributed by atoms with Gasteiger partial charge in [0.1, 0.15) is 6.04 Å². The third-order valence-electron chi connectivity index (χ3n) is 5.75. The summed E-state index contributed by atoms with van der Waals surface area (Å²) in [5.41, 5.74) is 6.34. The smallest absolute Gasteiger partial charge is 0.226 e. The van der Waals surface area contributed by atoms with Gasteiger partial charge in [-0.3, -0.25) is 4.79 Å². The highest BCUT2D eigenvalue weighted by Crippen LogP contribution is 2.40. The van der Waals surface area contributed by atoms with E-state index in [0.29, 0.717) is 18.2 Å². The van der Waals surface area contributed by atoms with Crippen LogP contribution < -0.4 is 5.32 Å². The normalized spacial score (nSPS) is 18.5. The Labute approximate surface area is 164 Å². The zero-order chi connectivity index (χ0) is 19.3. The van der Waals surface area contributed by atoms with Crippen LogP contribution in [0.1, 0.15) is 42.0 Å². The predicted molar refractivity (Wildman–Crippen MR) is 109 cm³/mol. The number of Topliss-reactive ketones (excluding diaryl/α,β-unsaturated/α-hetero) is 1. The summed E-state index contributed by atoms with van der Waals surface area (Å²) in [4.78, 5) is 17.6. The molecule has 0 radical (unpaired) electrons. The average Bonchev–Trinajstić information content (AvgIpc) is 3.13. The highest BCUT2D eigenvalue weighted by Gasteiger charge is 2.36. The van der Waals surface area contributed by atoms with Crippen LogP contribution in [0.25, 0.3) is 11.4 Å². The van der Waals surface area contributed by atoms with Gasteiger partial charge in [-0.25, -0.2) is 4.68 Å². The number of nitrogens with one attached hydrogen (secondary N) is 1. The lowest BCUT2D eigenvalue weighted by molar-refractivity contribution is -0.116. The molecule has 0 amide bonds. The molecule has 0 bridgehead atoms. The van der Waals surface area contributed by atoms with E-state index in [1.54, 1.807) is 0 Å². The minimum atomic E-state index is -0.229. The predicted octanol–water partition coefficient (Wildman–Crippen LogP) is 4.58. The summed E-state index contributed by atoms with van der Waals surface area (Å²) in [5.74, 6) is 1.59. The molecule has 140 valence electrons. The van der Waals surface area contributed by atoms with E-state index < -0.39 is 0 Å². The summed E-state index contributed by atoms with van der Waals surface area (Å²) in [6.07, 6.45) is 2.35. The van der Waals surface area contributed by atoms with Crippen molar-refractivity contribution in [2.45, 2.75) is 39.2 Å². The molecule has 5 rings (SSSR count). The molecule has 1 aliphatic heterocycles. The molecule has 1 unspecified atom stereocenters. The zero-order valence-electron chi connectivity index (χ0n) is 16.1. The topological polar surface area (TPSA) is 59.8 Å². The Morgan fingerprint density at radius 1 is 1.04 bits per heavy atom. The fourth-order valence-electron chi connectivity index (χ4n) is 4.10. The first-order valence-corrected chi connectivity index (χ1v) is 9.74. The zero-order valence-corrected chi connectivity index (χ0v) is 16.1. The van der Waals surface area contributed by atoms with E-state index in [4.69, 9.17) is 10.1 Å². The lowest BCUT2D eigenvalue weighted by atomic mass is 9.85. The molecule has 5 nitrogen and oxygen atoms in total. The average molecular weight is 370 g/mol. The Kier molecular flexibility index (Phi) is 3.90. The van der Waals surface area contributed by atoms with Crippen molar-refractivity contribution in [3.05, 3.63) is 76.5 Å². The molecular weight excluding hydrogens is 348 g/mol. The van der Waals surface area contributed by atoms with Gasteiger partial charge in [-0.1, -0.05) is 42.5 Å². The molecule has 5 heteroatoms. The Morgan fingerprint density at radius 3 is 2.64 bits per heavy atom. The van der Waals surface area contributed by atoms with Crippen LogP contribution >= 0.6 is 0 Å². The van der Waals surface area contributed by atoms with Crippen molar-refractivity contribution >= 4 is 11.7 Å². The number of carbonyl (C=O) groups excluding carboxylic acids is 1. The molecule has 0 fully saturated rings. The van der Waals surface area contributed by atoms with Crippen molar-refractivity contribution in [2.75, 3.05) is 5.32 Å². The molecule has 2 heterocycles. The van der Waals surface area contributed by atoms with Crippen molar-refractivity contribution in [3.63, 3.8) is 0 Å². The second-order valence-corrected chi connectivity index (χ2v) is 7.61. The molecule has 2 aromatic carbocycles. The standard InChI is InChI=1S/C23H22N4O/c1-14-11-12-17(13-15(14)2)22-25-23-24-18-9-6-10-19(28)20(18)21(27(23)26-22)16-7-4-3-5-8-16/h3-5,7-8,11-13,21H,6,9-10H2,1-2H3,(H,24,25,26). The fourth-order valence-corrected chi connectivity index (χ4v) is 4.10. The number of aromatic nitrogens is 3. The van der Waals surface area contributed by atoms with Crippen molar-refractivity contribution in [2.24, 2.45) is 0 Å². The summed E-state index contributed by atoms with van der Waals surface area (Å²) in [5, 5.41) is 8.23. The number of ketones is 1. The summed E-state index contributed by atoms with van der Waals surface area (Å²) in [6, 6.07) is 16.2. The number of anilines is 1. The maximum Gasteiger partial charge on any atom is 0.226 e. The van der Waals surface area contributed by atoms with Crippen molar-refractivity contribution in [3.8, 4) is 11.4 Å². The largest absolute Gasteiger partial charge is 0.328 e. The lowest BCUT2D eigenvalue weighted by Gasteiger charge is -2.32. The maximum atomic E-state index is 12.8. The second-order valence-electron chi connectivity index (χ2n) is 7.61. The van der Waals surface area contributed by atoms with Crippen molar-refractivity contribution in [1.29, 1.82) is 0 Å². The quantitative estimate of drug-likeness (QED) is 0.717. The Balaban J connectivity index is 1.67. The molecule has 1 N–H and O–H groups in total. The van der Waals surface area contributed by atoms with E-state index in [2.05, 4.69) is 49.5 Å². The highest BCUT2D eigenvalue weighted by atomic mass is 16.1. The van der Waals surface area contributed by atoms with Crippen LogP contribution in [-0.4, -0.2) is 20.5 Å². The van der Waals surface area contributed by atoms with Crippen LogP contribution in [0.2, 0.25) is 0 Å². The van der Waals surface area contributed by atoms with E-state index in [9.17, 15) is 4.79 Å². The van der Waals surface area contributed by atoms with Crippen LogP contribution in [0.3, 0.4) is 0 Å². The molecule has 1 aromatic heterocycles. The molecule has 0 saturated carbocycles. The molecule has 1 aliphatic carbocycles. The first kappa shape index (κ1) is 16.9. The summed E-state index contributed by atoms with van der Waals surface area (Å²) >= 11 is 0. The molecule has 1 atom stereocenters. The minimum absolute atomic E-state index is 0.205. The van der Waals surface area contributed by atoms with Gasteiger partial charge in [0.25, 0.3) is 0 Å². The lowest BCUT2D eigenvalue weighted by Crippen LogP contribution is -2.31. The van der Waals surface area contributed by atoms with Crippen LogP contribution in [0.15, 0.2) is 59.8 Å².